The Morgan fingerprint density at radius 2 is 1.93 bits per heavy atom. The second kappa shape index (κ2) is 5.69. The third-order valence-corrected chi connectivity index (χ3v) is 3.05. The fourth-order valence-corrected chi connectivity index (χ4v) is 2.49. The first-order valence-electron chi connectivity index (χ1n) is 5.66. The number of hydrogen-bond acceptors (Lipinski definition) is 3. The van der Waals surface area contributed by atoms with Crippen LogP contribution in [-0.2, 0) is 0 Å². The quantitative estimate of drug-likeness (QED) is 0.695. The van der Waals surface area contributed by atoms with Crippen molar-refractivity contribution in [3.8, 4) is 0 Å². The molecule has 0 aromatic carbocycles. The van der Waals surface area contributed by atoms with E-state index in [-0.39, 0.29) is 12.6 Å². The maximum Gasteiger partial charge on any atom is 0.0597 e. The lowest BCUT2D eigenvalue weighted by Gasteiger charge is -2.36. The van der Waals surface area contributed by atoms with Gasteiger partial charge < -0.3 is 15.3 Å². The summed E-state index contributed by atoms with van der Waals surface area (Å²) in [5.41, 5.74) is 0. The lowest BCUT2D eigenvalue weighted by Crippen LogP contribution is -2.47. The van der Waals surface area contributed by atoms with Crippen LogP contribution in [0, 0.1) is 11.8 Å². The van der Waals surface area contributed by atoms with E-state index in [2.05, 4.69) is 24.1 Å². The van der Waals surface area contributed by atoms with Crippen molar-refractivity contribution in [1.82, 2.24) is 10.2 Å². The largest absolute Gasteiger partial charge is 0.395 e. The van der Waals surface area contributed by atoms with Crippen molar-refractivity contribution < 1.29 is 5.11 Å². The van der Waals surface area contributed by atoms with Crippen LogP contribution in [-0.4, -0.2) is 49.3 Å². The number of piperidine rings is 1. The summed E-state index contributed by atoms with van der Waals surface area (Å²) >= 11 is 0. The second-order valence-corrected chi connectivity index (χ2v) is 4.83. The van der Waals surface area contributed by atoms with Crippen LogP contribution in [0.2, 0.25) is 0 Å². The predicted molar refractivity (Wildman–Crippen MR) is 59.3 cm³/mol. The van der Waals surface area contributed by atoms with E-state index in [1.54, 1.807) is 0 Å². The number of nitrogens with zero attached hydrogens (tertiary/aromatic N) is 1. The average Bonchev–Trinajstić information content (AvgIpc) is 2.12. The first kappa shape index (κ1) is 12.0. The van der Waals surface area contributed by atoms with E-state index in [0.717, 1.165) is 18.4 Å². The third kappa shape index (κ3) is 3.56. The number of aliphatic hydroxyl groups is 1. The van der Waals surface area contributed by atoms with Crippen LogP contribution in [0.3, 0.4) is 0 Å². The average molecular weight is 200 g/mol. The zero-order valence-electron chi connectivity index (χ0n) is 9.66. The highest BCUT2D eigenvalue weighted by molar-refractivity contribution is 4.78. The number of rotatable bonds is 4. The van der Waals surface area contributed by atoms with Gasteiger partial charge in [0.1, 0.15) is 0 Å². The highest BCUT2D eigenvalue weighted by Crippen LogP contribution is 2.20. The van der Waals surface area contributed by atoms with Gasteiger partial charge in [0.15, 0.2) is 0 Å². The van der Waals surface area contributed by atoms with Crippen molar-refractivity contribution in [2.75, 3.05) is 33.3 Å². The molecule has 0 saturated carbocycles. The van der Waals surface area contributed by atoms with Gasteiger partial charge in [-0.25, -0.2) is 0 Å². The molecule has 1 aliphatic rings. The Morgan fingerprint density at radius 3 is 2.36 bits per heavy atom. The van der Waals surface area contributed by atoms with Gasteiger partial charge in [0.25, 0.3) is 0 Å². The maximum absolute atomic E-state index is 9.10. The van der Waals surface area contributed by atoms with Crippen molar-refractivity contribution in [3.63, 3.8) is 0 Å². The molecule has 3 atom stereocenters. The first-order valence-corrected chi connectivity index (χ1v) is 5.66. The van der Waals surface area contributed by atoms with Crippen LogP contribution < -0.4 is 5.32 Å². The van der Waals surface area contributed by atoms with E-state index in [0.29, 0.717) is 0 Å². The lowest BCUT2D eigenvalue weighted by atomic mass is 9.91. The van der Waals surface area contributed by atoms with E-state index < -0.39 is 0 Å². The van der Waals surface area contributed by atoms with Crippen LogP contribution in [0.1, 0.15) is 20.3 Å². The molecule has 1 heterocycles. The van der Waals surface area contributed by atoms with E-state index in [1.165, 1.54) is 19.5 Å². The van der Waals surface area contributed by atoms with Crippen molar-refractivity contribution in [2.45, 2.75) is 26.3 Å². The Hall–Kier alpha value is -0.120. The molecule has 0 amide bonds. The molecular formula is C11H24N2O. The molecule has 1 rings (SSSR count). The van der Waals surface area contributed by atoms with E-state index >= 15 is 0 Å². The minimum Gasteiger partial charge on any atom is -0.395 e. The molecule has 84 valence electrons. The maximum atomic E-state index is 9.10. The van der Waals surface area contributed by atoms with E-state index in [9.17, 15) is 0 Å². The van der Waals surface area contributed by atoms with Crippen molar-refractivity contribution in [3.05, 3.63) is 0 Å². The molecule has 14 heavy (non-hydrogen) atoms. The molecule has 1 aliphatic heterocycles. The molecule has 3 heteroatoms. The fraction of sp³-hybridized carbons (Fsp3) is 1.00. The summed E-state index contributed by atoms with van der Waals surface area (Å²) < 4.78 is 0. The summed E-state index contributed by atoms with van der Waals surface area (Å²) in [6.07, 6.45) is 1.35. The molecule has 3 unspecified atom stereocenters. The minimum atomic E-state index is 0.229. The van der Waals surface area contributed by atoms with Gasteiger partial charge in [-0.2, -0.15) is 0 Å². The van der Waals surface area contributed by atoms with Gasteiger partial charge in [0.2, 0.25) is 0 Å². The van der Waals surface area contributed by atoms with Crippen LogP contribution in [0.15, 0.2) is 0 Å². The summed E-state index contributed by atoms with van der Waals surface area (Å²) in [4.78, 5) is 2.47. The normalized spacial score (nSPS) is 31.7. The van der Waals surface area contributed by atoms with Gasteiger partial charge in [-0.15, -0.1) is 0 Å². The second-order valence-electron chi connectivity index (χ2n) is 4.83. The number of likely N-dealkylation sites (tertiary alicyclic amines) is 1. The first-order chi connectivity index (χ1) is 6.65. The SMILES string of the molecule is CNC(CO)CN1CC(C)CC(C)C1. The number of nitrogens with one attached hydrogen (secondary N) is 1. The monoisotopic (exact) mass is 200 g/mol. The third-order valence-electron chi connectivity index (χ3n) is 3.05. The van der Waals surface area contributed by atoms with Crippen LogP contribution in [0.5, 0.6) is 0 Å². The minimum absolute atomic E-state index is 0.229. The topological polar surface area (TPSA) is 35.5 Å². The summed E-state index contributed by atoms with van der Waals surface area (Å²) in [6, 6.07) is 0.229. The Morgan fingerprint density at radius 1 is 1.36 bits per heavy atom. The highest BCUT2D eigenvalue weighted by atomic mass is 16.3. The highest BCUT2D eigenvalue weighted by Gasteiger charge is 2.23. The molecular weight excluding hydrogens is 176 g/mol. The molecule has 0 aliphatic carbocycles. The molecule has 0 aromatic heterocycles. The summed E-state index contributed by atoms with van der Waals surface area (Å²) in [5, 5.41) is 12.2. The number of likely N-dealkylation sites (N-methyl/N-ethyl adjacent to an activating group) is 1. The zero-order valence-corrected chi connectivity index (χ0v) is 9.66. The molecule has 1 fully saturated rings. The van der Waals surface area contributed by atoms with Crippen LogP contribution in [0.4, 0.5) is 0 Å². The van der Waals surface area contributed by atoms with Crippen LogP contribution >= 0.6 is 0 Å². The van der Waals surface area contributed by atoms with Crippen LogP contribution in [0.25, 0.3) is 0 Å². The van der Waals surface area contributed by atoms with Crippen molar-refractivity contribution in [2.24, 2.45) is 11.8 Å². The van der Waals surface area contributed by atoms with Gasteiger partial charge in [0, 0.05) is 25.7 Å². The summed E-state index contributed by atoms with van der Waals surface area (Å²) in [5.74, 6) is 1.60. The molecule has 2 N–H and O–H groups in total. The summed E-state index contributed by atoms with van der Waals surface area (Å²) in [7, 11) is 1.91. The Balaban J connectivity index is 2.35. The lowest BCUT2D eigenvalue weighted by molar-refractivity contribution is 0.114. The predicted octanol–water partition coefficient (Wildman–Crippen LogP) is 0.545. The smallest absolute Gasteiger partial charge is 0.0597 e. The Kier molecular flexibility index (Phi) is 4.85. The standard InChI is InChI=1S/C11H24N2O/c1-9-4-10(2)6-13(5-9)7-11(8-14)12-3/h9-12,14H,4-8H2,1-3H3. The van der Waals surface area contributed by atoms with Gasteiger partial charge in [0.05, 0.1) is 6.61 Å². The number of aliphatic hydroxyl groups excluding tert-OH is 1. The van der Waals surface area contributed by atoms with Gasteiger partial charge >= 0.3 is 0 Å². The van der Waals surface area contributed by atoms with Gasteiger partial charge in [-0.3, -0.25) is 0 Å². The summed E-state index contributed by atoms with van der Waals surface area (Å²) in [6.45, 7) is 8.20. The Labute approximate surface area is 87.5 Å². The van der Waals surface area contributed by atoms with Crippen molar-refractivity contribution >= 4 is 0 Å². The van der Waals surface area contributed by atoms with Crippen molar-refractivity contribution in [1.29, 1.82) is 0 Å². The molecule has 0 bridgehead atoms. The molecule has 0 radical (unpaired) electrons. The number of hydrogen-bond donors (Lipinski definition) is 2. The fourth-order valence-electron chi connectivity index (χ4n) is 2.49. The van der Waals surface area contributed by atoms with E-state index in [4.69, 9.17) is 5.11 Å². The van der Waals surface area contributed by atoms with E-state index in [1.807, 2.05) is 7.05 Å². The van der Waals surface area contributed by atoms with Gasteiger partial charge in [-0.1, -0.05) is 13.8 Å². The zero-order chi connectivity index (χ0) is 10.6. The molecule has 1 saturated heterocycles. The molecule has 0 aromatic rings. The molecule has 3 nitrogen and oxygen atoms in total. The Bertz CT molecular complexity index is 149. The van der Waals surface area contributed by atoms with Gasteiger partial charge in [-0.05, 0) is 25.3 Å². The molecule has 0 spiro atoms.